The lowest BCUT2D eigenvalue weighted by atomic mass is 9.89. The van der Waals surface area contributed by atoms with Crippen molar-refractivity contribution in [2.45, 2.75) is 45.1 Å². The molecule has 1 saturated carbocycles. The Morgan fingerprint density at radius 2 is 2.10 bits per heavy atom. The maximum atomic E-state index is 13.4. The highest BCUT2D eigenvalue weighted by Crippen LogP contribution is 2.49. The molecule has 2 aromatic heterocycles. The Morgan fingerprint density at radius 1 is 1.28 bits per heavy atom. The number of carbonyl (C=O) groups excluding carboxylic acids is 1. The van der Waals surface area contributed by atoms with E-state index in [1.807, 2.05) is 23.3 Å². The average Bonchev–Trinajstić information content (AvgIpc) is 3.13. The SMILES string of the molecule is Cc1ccc(-c2cn[nH]c2[C@@H]2CCCN(C(=O)C3(Cn4ccnc4)CC3)C2)cc1. The molecule has 5 rings (SSSR count). The second kappa shape index (κ2) is 7.17. The summed E-state index contributed by atoms with van der Waals surface area (Å²) in [6, 6.07) is 8.57. The van der Waals surface area contributed by atoms with Crippen LogP contribution >= 0.6 is 0 Å². The number of hydrogen-bond donors (Lipinski definition) is 1. The van der Waals surface area contributed by atoms with Crippen molar-refractivity contribution in [3.05, 3.63) is 60.4 Å². The van der Waals surface area contributed by atoms with Crippen molar-refractivity contribution < 1.29 is 4.79 Å². The molecule has 1 aliphatic heterocycles. The molecule has 3 heterocycles. The third kappa shape index (κ3) is 3.48. The Labute approximate surface area is 171 Å². The van der Waals surface area contributed by atoms with E-state index in [0.717, 1.165) is 56.6 Å². The zero-order valence-electron chi connectivity index (χ0n) is 16.8. The Hall–Kier alpha value is -2.89. The molecular formula is C23H27N5O. The summed E-state index contributed by atoms with van der Waals surface area (Å²) in [5.41, 5.74) is 4.52. The van der Waals surface area contributed by atoms with Crippen molar-refractivity contribution in [2.24, 2.45) is 5.41 Å². The second-order valence-electron chi connectivity index (χ2n) is 8.67. The van der Waals surface area contributed by atoms with Crippen LogP contribution in [0.1, 0.15) is 42.9 Å². The molecule has 1 amide bonds. The van der Waals surface area contributed by atoms with Gasteiger partial charge in [-0.2, -0.15) is 5.10 Å². The van der Waals surface area contributed by atoms with Gasteiger partial charge in [0.05, 0.1) is 17.9 Å². The first-order valence-corrected chi connectivity index (χ1v) is 10.5. The quantitative estimate of drug-likeness (QED) is 0.722. The molecule has 1 saturated heterocycles. The summed E-state index contributed by atoms with van der Waals surface area (Å²) in [6.07, 6.45) is 11.5. The number of aromatic amines is 1. The molecule has 1 aromatic carbocycles. The highest BCUT2D eigenvalue weighted by Gasteiger charge is 2.52. The molecule has 1 N–H and O–H groups in total. The Balaban J connectivity index is 1.33. The van der Waals surface area contributed by atoms with Crippen molar-refractivity contribution in [2.75, 3.05) is 13.1 Å². The number of aromatic nitrogens is 4. The zero-order chi connectivity index (χ0) is 19.8. The minimum atomic E-state index is -0.226. The molecule has 2 aliphatic rings. The van der Waals surface area contributed by atoms with Crippen LogP contribution in [0.15, 0.2) is 49.2 Å². The largest absolute Gasteiger partial charge is 0.341 e. The van der Waals surface area contributed by atoms with Gasteiger partial charge in [0.25, 0.3) is 0 Å². The fourth-order valence-corrected chi connectivity index (χ4v) is 4.62. The molecule has 1 aliphatic carbocycles. The predicted octanol–water partition coefficient (Wildman–Crippen LogP) is 3.77. The van der Waals surface area contributed by atoms with E-state index >= 15 is 0 Å². The number of likely N-dealkylation sites (tertiary alicyclic amines) is 1. The minimum Gasteiger partial charge on any atom is -0.341 e. The van der Waals surface area contributed by atoms with Crippen LogP contribution in [-0.4, -0.2) is 43.6 Å². The monoisotopic (exact) mass is 389 g/mol. The highest BCUT2D eigenvalue weighted by molar-refractivity contribution is 5.85. The molecule has 6 heteroatoms. The normalized spacial score (nSPS) is 20.6. The number of H-pyrrole nitrogens is 1. The van der Waals surface area contributed by atoms with Gasteiger partial charge in [-0.15, -0.1) is 0 Å². The van der Waals surface area contributed by atoms with Gasteiger partial charge in [-0.1, -0.05) is 29.8 Å². The smallest absolute Gasteiger partial charge is 0.230 e. The summed E-state index contributed by atoms with van der Waals surface area (Å²) >= 11 is 0. The number of nitrogens with one attached hydrogen (secondary N) is 1. The number of imidazole rings is 1. The molecule has 29 heavy (non-hydrogen) atoms. The first-order chi connectivity index (χ1) is 14.1. The van der Waals surface area contributed by atoms with E-state index in [2.05, 4.69) is 51.3 Å². The maximum absolute atomic E-state index is 13.4. The Kier molecular flexibility index (Phi) is 4.49. The van der Waals surface area contributed by atoms with Crippen molar-refractivity contribution in [3.63, 3.8) is 0 Å². The number of benzene rings is 1. The van der Waals surface area contributed by atoms with E-state index in [4.69, 9.17) is 0 Å². The molecule has 150 valence electrons. The first-order valence-electron chi connectivity index (χ1n) is 10.5. The van der Waals surface area contributed by atoms with Gasteiger partial charge in [-0.3, -0.25) is 9.89 Å². The standard InChI is InChI=1S/C23H27N5O/c1-17-4-6-18(7-5-17)20-13-25-26-21(20)19-3-2-11-28(14-19)22(29)23(8-9-23)15-27-12-10-24-16-27/h4-7,10,12-13,16,19H,2-3,8-9,11,14-15H2,1H3,(H,25,26)/t19-/m1/s1. The van der Waals surface area contributed by atoms with Crippen LogP contribution in [0, 0.1) is 12.3 Å². The molecule has 1 atom stereocenters. The molecule has 0 unspecified atom stereocenters. The van der Waals surface area contributed by atoms with E-state index in [9.17, 15) is 4.79 Å². The molecule has 0 radical (unpaired) electrons. The van der Waals surface area contributed by atoms with Crippen LogP contribution in [-0.2, 0) is 11.3 Å². The lowest BCUT2D eigenvalue weighted by molar-refractivity contribution is -0.138. The van der Waals surface area contributed by atoms with Crippen molar-refractivity contribution >= 4 is 5.91 Å². The molecule has 2 fully saturated rings. The van der Waals surface area contributed by atoms with Crippen LogP contribution in [0.2, 0.25) is 0 Å². The maximum Gasteiger partial charge on any atom is 0.230 e. The van der Waals surface area contributed by atoms with Crippen molar-refractivity contribution in [1.82, 2.24) is 24.6 Å². The van der Waals surface area contributed by atoms with Gasteiger partial charge in [-0.25, -0.2) is 4.98 Å². The summed E-state index contributed by atoms with van der Waals surface area (Å²) in [5, 5.41) is 7.58. The van der Waals surface area contributed by atoms with Crippen LogP contribution in [0.4, 0.5) is 0 Å². The Bertz CT molecular complexity index is 985. The number of hydrogen-bond acceptors (Lipinski definition) is 3. The van der Waals surface area contributed by atoms with E-state index in [1.165, 1.54) is 11.1 Å². The summed E-state index contributed by atoms with van der Waals surface area (Å²) in [7, 11) is 0. The fourth-order valence-electron chi connectivity index (χ4n) is 4.62. The number of piperidine rings is 1. The minimum absolute atomic E-state index is 0.226. The van der Waals surface area contributed by atoms with Gasteiger partial charge in [0, 0.05) is 49.2 Å². The van der Waals surface area contributed by atoms with Gasteiger partial charge >= 0.3 is 0 Å². The topological polar surface area (TPSA) is 66.8 Å². The van der Waals surface area contributed by atoms with Crippen LogP contribution in [0.3, 0.4) is 0 Å². The molecular weight excluding hydrogens is 362 g/mol. The van der Waals surface area contributed by atoms with Gasteiger partial charge < -0.3 is 9.47 Å². The molecule has 6 nitrogen and oxygen atoms in total. The van der Waals surface area contributed by atoms with E-state index in [-0.39, 0.29) is 5.41 Å². The van der Waals surface area contributed by atoms with Crippen molar-refractivity contribution in [1.29, 1.82) is 0 Å². The van der Waals surface area contributed by atoms with Gasteiger partial charge in [0.2, 0.25) is 5.91 Å². The Morgan fingerprint density at radius 3 is 2.83 bits per heavy atom. The highest BCUT2D eigenvalue weighted by atomic mass is 16.2. The summed E-state index contributed by atoms with van der Waals surface area (Å²) in [4.78, 5) is 19.6. The predicted molar refractivity (Wildman–Crippen MR) is 111 cm³/mol. The van der Waals surface area contributed by atoms with E-state index in [1.54, 1.807) is 6.20 Å². The zero-order valence-corrected chi connectivity index (χ0v) is 16.8. The lowest BCUT2D eigenvalue weighted by Gasteiger charge is -2.35. The van der Waals surface area contributed by atoms with E-state index < -0.39 is 0 Å². The van der Waals surface area contributed by atoms with Gasteiger partial charge in [-0.05, 0) is 38.2 Å². The summed E-state index contributed by atoms with van der Waals surface area (Å²) < 4.78 is 2.04. The lowest BCUT2D eigenvalue weighted by Crippen LogP contribution is -2.44. The van der Waals surface area contributed by atoms with Crippen LogP contribution in [0.5, 0.6) is 0 Å². The average molecular weight is 390 g/mol. The summed E-state index contributed by atoms with van der Waals surface area (Å²) in [5.74, 6) is 0.614. The van der Waals surface area contributed by atoms with Gasteiger partial charge in [0.1, 0.15) is 0 Å². The number of amides is 1. The summed E-state index contributed by atoms with van der Waals surface area (Å²) in [6.45, 7) is 4.47. The molecule has 0 spiro atoms. The van der Waals surface area contributed by atoms with Crippen molar-refractivity contribution in [3.8, 4) is 11.1 Å². The number of nitrogens with zero attached hydrogens (tertiary/aromatic N) is 4. The van der Waals surface area contributed by atoms with Crippen LogP contribution in [0.25, 0.3) is 11.1 Å². The number of aryl methyl sites for hydroxylation is 1. The van der Waals surface area contributed by atoms with Crippen LogP contribution < -0.4 is 0 Å². The number of rotatable bonds is 5. The second-order valence-corrected chi connectivity index (χ2v) is 8.67. The third-order valence-electron chi connectivity index (χ3n) is 6.50. The van der Waals surface area contributed by atoms with Gasteiger partial charge in [0.15, 0.2) is 0 Å². The third-order valence-corrected chi connectivity index (χ3v) is 6.50. The molecule has 0 bridgehead atoms. The fraction of sp³-hybridized carbons (Fsp3) is 0.435. The molecule has 3 aromatic rings. The number of carbonyl (C=O) groups is 1. The first kappa shape index (κ1) is 18.2. The van der Waals surface area contributed by atoms with E-state index in [0.29, 0.717) is 11.8 Å².